The highest BCUT2D eigenvalue weighted by Crippen LogP contribution is 2.31. The molecule has 0 spiro atoms. The van der Waals surface area contributed by atoms with Gasteiger partial charge in [0.25, 0.3) is 0 Å². The summed E-state index contributed by atoms with van der Waals surface area (Å²) in [4.78, 5) is 36.8. The Balaban J connectivity index is 0.00000277. The molecular weight excluding hydrogens is 316 g/mol. The van der Waals surface area contributed by atoms with Gasteiger partial charge in [-0.2, -0.15) is 0 Å². The number of rotatable bonds is 7. The Morgan fingerprint density at radius 3 is 2.40 bits per heavy atom. The summed E-state index contributed by atoms with van der Waals surface area (Å²) in [5.74, 6) is -0.661. The molecule has 2 amide bonds. The lowest BCUT2D eigenvalue weighted by molar-refractivity contribution is -0.143. The molecule has 1 rings (SSSR count). The molecule has 138 valence electrons. The van der Waals surface area contributed by atoms with Crippen LogP contribution in [0.1, 0.15) is 34.1 Å². The van der Waals surface area contributed by atoms with E-state index < -0.39 is 6.04 Å². The largest absolute Gasteiger partial charge is 0.341 e. The zero-order valence-electron chi connectivity index (χ0n) is 15.7. The fraction of sp³-hybridized carbons (Fsp3) is 0.450. The number of allylic oxidation sites excluding steroid dienone is 3. The molecule has 0 radical (unpaired) electrons. The third kappa shape index (κ3) is 5.85. The Morgan fingerprint density at radius 1 is 1.36 bits per heavy atom. The lowest BCUT2D eigenvalue weighted by atomic mass is 9.81. The average Bonchev–Trinajstić information content (AvgIpc) is 2.60. The zero-order valence-corrected chi connectivity index (χ0v) is 15.7. The highest BCUT2D eigenvalue weighted by Gasteiger charge is 2.40. The third-order valence-corrected chi connectivity index (χ3v) is 4.08. The Hall–Kier alpha value is -2.43. The van der Waals surface area contributed by atoms with Gasteiger partial charge in [-0.1, -0.05) is 51.8 Å². The number of hydrogen-bond donors (Lipinski definition) is 1. The molecule has 0 aromatic heterocycles. The van der Waals surface area contributed by atoms with Gasteiger partial charge in [0.2, 0.25) is 11.8 Å². The third-order valence-electron chi connectivity index (χ3n) is 4.08. The van der Waals surface area contributed by atoms with Gasteiger partial charge in [0.1, 0.15) is 12.3 Å². The summed E-state index contributed by atoms with van der Waals surface area (Å²) in [5, 5.41) is 2.70. The summed E-state index contributed by atoms with van der Waals surface area (Å²) in [7, 11) is 0. The Kier molecular flexibility index (Phi) is 10.1. The molecule has 25 heavy (non-hydrogen) atoms. The van der Waals surface area contributed by atoms with Crippen molar-refractivity contribution in [3.05, 3.63) is 49.1 Å². The molecule has 5 nitrogen and oxygen atoms in total. The monoisotopic (exact) mass is 346 g/mol. The van der Waals surface area contributed by atoms with Crippen molar-refractivity contribution >= 4 is 18.1 Å². The highest BCUT2D eigenvalue weighted by molar-refractivity contribution is 5.96. The van der Waals surface area contributed by atoms with Crippen LogP contribution in [0.2, 0.25) is 0 Å². The fourth-order valence-electron chi connectivity index (χ4n) is 2.80. The van der Waals surface area contributed by atoms with Crippen LogP contribution >= 0.6 is 0 Å². The first-order valence-electron chi connectivity index (χ1n) is 8.52. The van der Waals surface area contributed by atoms with Crippen LogP contribution in [0.25, 0.3) is 0 Å². The smallest absolute Gasteiger partial charge is 0.246 e. The summed E-state index contributed by atoms with van der Waals surface area (Å²) in [6, 6.07) is -0.858. The Bertz CT molecular complexity index is 563. The maximum atomic E-state index is 12.6. The number of hydrogen-bond acceptors (Lipinski definition) is 3. The van der Waals surface area contributed by atoms with Crippen LogP contribution in [0, 0.1) is 5.92 Å². The van der Waals surface area contributed by atoms with Gasteiger partial charge in [-0.15, -0.1) is 0 Å². The molecule has 3 atom stereocenters. The molecule has 0 aliphatic carbocycles. The topological polar surface area (TPSA) is 66.5 Å². The first-order chi connectivity index (χ1) is 11.9. The van der Waals surface area contributed by atoms with Crippen LogP contribution in [0.15, 0.2) is 49.1 Å². The second-order valence-electron chi connectivity index (χ2n) is 5.65. The summed E-state index contributed by atoms with van der Waals surface area (Å²) in [6.07, 6.45) is 6.35. The van der Waals surface area contributed by atoms with Gasteiger partial charge in [0, 0.05) is 17.5 Å². The van der Waals surface area contributed by atoms with E-state index in [-0.39, 0.29) is 30.3 Å². The molecule has 1 aliphatic heterocycles. The van der Waals surface area contributed by atoms with E-state index in [1.54, 1.807) is 19.1 Å². The molecule has 0 bridgehead atoms. The van der Waals surface area contributed by atoms with E-state index in [9.17, 15) is 14.4 Å². The maximum Gasteiger partial charge on any atom is 0.246 e. The molecule has 0 aromatic rings. The molecule has 5 heteroatoms. The highest BCUT2D eigenvalue weighted by atomic mass is 16.2. The second-order valence-corrected chi connectivity index (χ2v) is 5.65. The fourth-order valence-corrected chi connectivity index (χ4v) is 2.80. The normalized spacial score (nSPS) is 23.0. The predicted molar refractivity (Wildman–Crippen MR) is 102 cm³/mol. The summed E-state index contributed by atoms with van der Waals surface area (Å²) >= 11 is 0. The van der Waals surface area contributed by atoms with Crippen molar-refractivity contribution in [2.24, 2.45) is 5.92 Å². The molecular formula is C20H30N2O3. The predicted octanol–water partition coefficient (Wildman–Crippen LogP) is 2.81. The minimum Gasteiger partial charge on any atom is -0.341 e. The van der Waals surface area contributed by atoms with E-state index >= 15 is 0 Å². The average molecular weight is 346 g/mol. The van der Waals surface area contributed by atoms with Crippen molar-refractivity contribution in [3.8, 4) is 0 Å². The number of nitrogens with one attached hydrogen (secondary N) is 1. The number of amides is 2. The van der Waals surface area contributed by atoms with Crippen molar-refractivity contribution in [3.63, 3.8) is 0 Å². The number of nitrogens with zero attached hydrogens (tertiary/aromatic N) is 1. The molecule has 1 saturated heterocycles. The molecule has 1 N–H and O–H groups in total. The van der Waals surface area contributed by atoms with Gasteiger partial charge >= 0.3 is 0 Å². The van der Waals surface area contributed by atoms with Crippen molar-refractivity contribution < 1.29 is 14.4 Å². The van der Waals surface area contributed by atoms with Gasteiger partial charge in [0.05, 0.1) is 6.54 Å². The Labute approximate surface area is 151 Å². The minimum absolute atomic E-state index is 0.00550. The first-order valence-corrected chi connectivity index (χ1v) is 8.52. The Morgan fingerprint density at radius 2 is 1.96 bits per heavy atom. The van der Waals surface area contributed by atoms with Crippen LogP contribution in [-0.2, 0) is 14.4 Å². The summed E-state index contributed by atoms with van der Waals surface area (Å²) in [6.45, 7) is 18.5. The number of carbonyl (C=O) groups excluding carboxylic acids is 3. The minimum atomic E-state index is -0.687. The maximum absolute atomic E-state index is 12.6. The van der Waals surface area contributed by atoms with Gasteiger partial charge in [-0.3, -0.25) is 9.59 Å². The van der Waals surface area contributed by atoms with Gasteiger partial charge in [0.15, 0.2) is 0 Å². The van der Waals surface area contributed by atoms with Crippen LogP contribution < -0.4 is 5.32 Å². The van der Waals surface area contributed by atoms with Crippen molar-refractivity contribution in [2.75, 3.05) is 6.54 Å². The first kappa shape index (κ1) is 22.6. The van der Waals surface area contributed by atoms with Gasteiger partial charge in [-0.25, -0.2) is 0 Å². The van der Waals surface area contributed by atoms with Gasteiger partial charge < -0.3 is 15.0 Å². The zero-order chi connectivity index (χ0) is 19.6. The lowest BCUT2D eigenvalue weighted by Crippen LogP contribution is -2.59. The van der Waals surface area contributed by atoms with Crippen LogP contribution in [0.3, 0.4) is 0 Å². The van der Waals surface area contributed by atoms with E-state index in [0.29, 0.717) is 18.3 Å². The van der Waals surface area contributed by atoms with Gasteiger partial charge in [-0.05, 0) is 25.8 Å². The molecule has 1 heterocycles. The molecule has 1 aliphatic rings. The number of piperidine rings is 1. The van der Waals surface area contributed by atoms with Crippen LogP contribution in [0.4, 0.5) is 0 Å². The van der Waals surface area contributed by atoms with Crippen molar-refractivity contribution in [2.45, 2.75) is 46.2 Å². The molecule has 3 unspecified atom stereocenters. The summed E-state index contributed by atoms with van der Waals surface area (Å²) < 4.78 is 0. The van der Waals surface area contributed by atoms with E-state index in [1.165, 1.54) is 4.90 Å². The number of aldehydes is 1. The van der Waals surface area contributed by atoms with Crippen LogP contribution in [0.5, 0.6) is 0 Å². The van der Waals surface area contributed by atoms with Crippen molar-refractivity contribution in [1.29, 1.82) is 0 Å². The number of carbonyl (C=O) groups is 3. The van der Waals surface area contributed by atoms with E-state index in [0.717, 1.165) is 5.57 Å². The van der Waals surface area contributed by atoms with E-state index in [4.69, 9.17) is 0 Å². The standard InChI is InChI=1S/C18H24N2O3.C2H6/c1-6-8-14(7-2)15-11-16(19-17(22)12(3)4)18(23)20(9-10-21)13(15)5;1-2/h6-8,10,13,15-16H,1-3,9,11H2,4-5H3,(H,19,22);1-2H3/b14-8+;. The summed E-state index contributed by atoms with van der Waals surface area (Å²) in [5.41, 5.74) is 1.26. The van der Waals surface area contributed by atoms with E-state index in [1.807, 2.05) is 26.8 Å². The molecule has 1 fully saturated rings. The second kappa shape index (κ2) is 11.2. The molecule has 0 saturated carbocycles. The van der Waals surface area contributed by atoms with E-state index in [2.05, 4.69) is 25.1 Å². The van der Waals surface area contributed by atoms with Crippen LogP contribution in [-0.4, -0.2) is 41.6 Å². The quantitative estimate of drug-likeness (QED) is 0.438. The number of likely N-dealkylation sites (tertiary alicyclic amines) is 1. The SMILES string of the molecule is C=C/C=C(\C=C)C1CC(NC(=O)C(=C)C)C(=O)N(CC=O)C1C.CC. The molecule has 0 aromatic carbocycles. The lowest BCUT2D eigenvalue weighted by Gasteiger charge is -2.42. The van der Waals surface area contributed by atoms with Crippen molar-refractivity contribution in [1.82, 2.24) is 10.2 Å².